The van der Waals surface area contributed by atoms with Gasteiger partial charge in [-0.3, -0.25) is 14.1 Å². The van der Waals surface area contributed by atoms with Crippen molar-refractivity contribution in [3.05, 3.63) is 99.9 Å². The molecule has 6 atom stereocenters. The number of rotatable bonds is 23. The molecule has 3 rings (SSSR count). The molecule has 0 amide bonds. The highest BCUT2D eigenvalue weighted by atomic mass is 32.4. The fourth-order valence-corrected chi connectivity index (χ4v) is 10.7. The third-order valence-electron chi connectivity index (χ3n) is 9.34. The van der Waals surface area contributed by atoms with E-state index in [1.54, 1.807) is 48.4 Å². The van der Waals surface area contributed by atoms with Gasteiger partial charge in [0.25, 0.3) is 0 Å². The smallest absolute Gasteiger partial charge is 0.362 e. The van der Waals surface area contributed by atoms with Crippen molar-refractivity contribution >= 4 is 57.3 Å². The van der Waals surface area contributed by atoms with Crippen molar-refractivity contribution in [3.63, 3.8) is 0 Å². The SMILES string of the molecule is CCC[C@](C)(N=[N+]=[N-])Oc1ccc(/C=N/N(C)[PH](=S)C(C)(CC)Oc2ccc(/C=N/N(C)[PH](=S)C(C)(CC)Oc3ccc(C(O)P(=O)(OC)OC)cc3)cc2)cc1. The maximum atomic E-state index is 12.6. The van der Waals surface area contributed by atoms with Crippen LogP contribution in [0.25, 0.3) is 10.4 Å². The lowest BCUT2D eigenvalue weighted by Crippen LogP contribution is -2.30. The Morgan fingerprint density at radius 2 is 1.16 bits per heavy atom. The van der Waals surface area contributed by atoms with E-state index in [0.717, 1.165) is 17.5 Å². The topological polar surface area (TPSA) is 163 Å². The molecule has 0 fully saturated rings. The molecule has 3 aromatic carbocycles. The van der Waals surface area contributed by atoms with Crippen LogP contribution in [0, 0.1) is 0 Å². The van der Waals surface area contributed by atoms with Crippen LogP contribution >= 0.6 is 21.3 Å². The summed E-state index contributed by atoms with van der Waals surface area (Å²) in [7, 11) is 2.47. The van der Waals surface area contributed by atoms with Crippen LogP contribution in [0.2, 0.25) is 0 Å². The monoisotopic (exact) mass is 879 g/mol. The van der Waals surface area contributed by atoms with Gasteiger partial charge in [-0.05, 0) is 128 Å². The number of hydrogen-bond acceptors (Lipinski definition) is 12. The number of azide groups is 1. The molecule has 14 nitrogen and oxygen atoms in total. The molecule has 0 aromatic heterocycles. The molecule has 0 aliphatic rings. The molecule has 57 heavy (non-hydrogen) atoms. The molecule has 5 unspecified atom stereocenters. The highest BCUT2D eigenvalue weighted by Crippen LogP contribution is 2.58. The lowest BCUT2D eigenvalue weighted by Gasteiger charge is -2.34. The molecule has 0 radical (unpaired) electrons. The van der Waals surface area contributed by atoms with Crippen LogP contribution in [0.5, 0.6) is 17.2 Å². The lowest BCUT2D eigenvalue weighted by atomic mass is 10.1. The molecule has 0 saturated carbocycles. The van der Waals surface area contributed by atoms with Crippen LogP contribution in [-0.2, 0) is 37.2 Å². The summed E-state index contributed by atoms with van der Waals surface area (Å²) in [5, 5.41) is 22.3. The van der Waals surface area contributed by atoms with E-state index in [-0.39, 0.29) is 0 Å². The van der Waals surface area contributed by atoms with Crippen molar-refractivity contribution in [2.75, 3.05) is 28.3 Å². The maximum Gasteiger partial charge on any atom is 0.362 e. The fraction of sp³-hybridized carbons (Fsp3) is 0.474. The number of hydrazone groups is 2. The van der Waals surface area contributed by atoms with Gasteiger partial charge in [0.2, 0.25) is 0 Å². The van der Waals surface area contributed by atoms with E-state index < -0.39 is 43.5 Å². The second-order valence-corrected chi connectivity index (χ2v) is 23.0. The molecular weight excluding hydrogens is 824 g/mol. The standard InChI is InChI=1S/C38H56N7O7P3S2/c1-11-26-36(4,42-43-39)50-32-20-14-29(15-21-32)27-40-44(7)53(56)37(5,12-2)51-33-22-16-30(17-23-33)28-41-45(8)54(57)38(6,13-3)52-34-24-18-31(19-25-34)35(46)55(47,48-9)49-10/h14-25,27-28,35,46,53-54H,11-13,26H2,1-10H3/b40-27+,41-28+/t35?,36-,37?,38?/m1/s1. The molecule has 19 heteroatoms. The highest BCUT2D eigenvalue weighted by Gasteiger charge is 2.35. The van der Waals surface area contributed by atoms with Crippen molar-refractivity contribution in [1.29, 1.82) is 0 Å². The first-order valence-electron chi connectivity index (χ1n) is 18.4. The van der Waals surface area contributed by atoms with Crippen LogP contribution < -0.4 is 14.2 Å². The molecule has 0 heterocycles. The zero-order chi connectivity index (χ0) is 42.4. The van der Waals surface area contributed by atoms with E-state index in [0.29, 0.717) is 42.1 Å². The number of hydrogen-bond donors (Lipinski definition) is 1. The van der Waals surface area contributed by atoms with E-state index in [1.807, 2.05) is 95.1 Å². The van der Waals surface area contributed by atoms with Gasteiger partial charge < -0.3 is 28.4 Å². The predicted octanol–water partition coefficient (Wildman–Crippen LogP) is 10.5. The lowest BCUT2D eigenvalue weighted by molar-refractivity contribution is 0.0857. The van der Waals surface area contributed by atoms with Crippen molar-refractivity contribution in [2.45, 2.75) is 89.5 Å². The minimum atomic E-state index is -3.71. The Kier molecular flexibility index (Phi) is 18.3. The van der Waals surface area contributed by atoms with Crippen LogP contribution in [0.1, 0.15) is 89.8 Å². The van der Waals surface area contributed by atoms with Crippen LogP contribution in [0.3, 0.4) is 0 Å². The van der Waals surface area contributed by atoms with E-state index in [4.69, 9.17) is 52.4 Å². The molecule has 3 aromatic rings. The molecular formula is C38H56N7O7P3S2. The minimum absolute atomic E-state index is 0.378. The second-order valence-electron chi connectivity index (χ2n) is 13.7. The Morgan fingerprint density at radius 1 is 0.772 bits per heavy atom. The van der Waals surface area contributed by atoms with Gasteiger partial charge in [0.1, 0.15) is 27.9 Å². The first kappa shape index (κ1) is 48.1. The minimum Gasteiger partial charge on any atom is -0.481 e. The summed E-state index contributed by atoms with van der Waals surface area (Å²) in [5.41, 5.74) is 10.1. The summed E-state index contributed by atoms with van der Waals surface area (Å²) in [4.78, 5) is 2.94. The first-order valence-corrected chi connectivity index (χ1v) is 25.2. The van der Waals surface area contributed by atoms with Gasteiger partial charge in [-0.25, -0.2) is 0 Å². The largest absolute Gasteiger partial charge is 0.481 e. The van der Waals surface area contributed by atoms with Crippen LogP contribution in [-0.4, -0.2) is 71.8 Å². The van der Waals surface area contributed by atoms with Gasteiger partial charge in [0.05, 0.1) is 26.1 Å². The van der Waals surface area contributed by atoms with Crippen molar-refractivity contribution in [3.8, 4) is 17.2 Å². The Hall–Kier alpha value is -3.28. The van der Waals surface area contributed by atoms with Crippen molar-refractivity contribution in [2.24, 2.45) is 15.3 Å². The van der Waals surface area contributed by atoms with E-state index >= 15 is 0 Å². The third kappa shape index (κ3) is 13.1. The number of nitrogens with zero attached hydrogens (tertiary/aromatic N) is 7. The van der Waals surface area contributed by atoms with Gasteiger partial charge in [0.15, 0.2) is 11.6 Å². The van der Waals surface area contributed by atoms with Crippen LogP contribution in [0.15, 0.2) is 88.1 Å². The quantitative estimate of drug-likeness (QED) is 0.0241. The summed E-state index contributed by atoms with van der Waals surface area (Å²) in [6.45, 7) is 8.34. The van der Waals surface area contributed by atoms with E-state index in [9.17, 15) is 9.67 Å². The Balaban J connectivity index is 1.62. The normalized spacial score (nSPS) is 16.7. The molecule has 1 N–H and O–H groups in total. The number of benzene rings is 3. The highest BCUT2D eigenvalue weighted by molar-refractivity contribution is 8.04. The van der Waals surface area contributed by atoms with Crippen LogP contribution in [0.4, 0.5) is 0 Å². The third-order valence-corrected chi connectivity index (χ3v) is 19.6. The summed E-state index contributed by atoms with van der Waals surface area (Å²) in [6.07, 6.45) is 6.24. The van der Waals surface area contributed by atoms with Gasteiger partial charge in [-0.2, -0.15) is 10.2 Å². The zero-order valence-corrected chi connectivity index (χ0v) is 38.8. The van der Waals surface area contributed by atoms with Crippen molar-refractivity contribution < 1.29 is 32.9 Å². The molecule has 0 saturated heterocycles. The second kappa shape index (κ2) is 21.6. The Labute approximate surface area is 348 Å². The Bertz CT molecular complexity index is 1960. The number of ether oxygens (including phenoxy) is 3. The molecule has 0 bridgehead atoms. The van der Waals surface area contributed by atoms with Gasteiger partial charge in [-0.15, -0.1) is 0 Å². The van der Waals surface area contributed by atoms with E-state index in [2.05, 4.69) is 27.2 Å². The van der Waals surface area contributed by atoms with Gasteiger partial charge in [0, 0.05) is 33.2 Å². The molecule has 312 valence electrons. The predicted molar refractivity (Wildman–Crippen MR) is 240 cm³/mol. The summed E-state index contributed by atoms with van der Waals surface area (Å²) < 4.78 is 45.0. The Morgan fingerprint density at radius 3 is 1.51 bits per heavy atom. The zero-order valence-electron chi connectivity index (χ0n) is 34.3. The van der Waals surface area contributed by atoms with Crippen molar-refractivity contribution in [1.82, 2.24) is 9.56 Å². The fourth-order valence-electron chi connectivity index (χ4n) is 5.49. The van der Waals surface area contributed by atoms with E-state index in [1.165, 1.54) is 14.2 Å². The molecule has 0 aliphatic heterocycles. The number of aliphatic hydroxyl groups is 1. The van der Waals surface area contributed by atoms with Gasteiger partial charge in [-0.1, -0.05) is 62.9 Å². The van der Waals surface area contributed by atoms with Gasteiger partial charge >= 0.3 is 7.60 Å². The number of aliphatic hydroxyl groups excluding tert-OH is 1. The molecule has 0 spiro atoms. The summed E-state index contributed by atoms with van der Waals surface area (Å²) in [6, 6.07) is 21.7. The summed E-state index contributed by atoms with van der Waals surface area (Å²) in [5.74, 6) is 0.416. The molecule has 0 aliphatic carbocycles. The summed E-state index contributed by atoms with van der Waals surface area (Å²) >= 11 is 12.0. The average Bonchev–Trinajstić information content (AvgIpc) is 3.22. The average molecular weight is 880 g/mol. The maximum absolute atomic E-state index is 12.6. The first-order chi connectivity index (χ1) is 26.9.